The number of hydrogen-bond donors (Lipinski definition) is 4. The number of hydrogen-bond acceptors (Lipinski definition) is 6. The Balaban J connectivity index is 1.99. The van der Waals surface area contributed by atoms with Gasteiger partial charge < -0.3 is 20.7 Å². The molecule has 0 radical (unpaired) electrons. The van der Waals surface area contributed by atoms with Crippen molar-refractivity contribution in [1.82, 2.24) is 0 Å². The summed E-state index contributed by atoms with van der Waals surface area (Å²) < 4.78 is 33.0. The molecule has 0 amide bonds. The first kappa shape index (κ1) is 20.0. The highest BCUT2D eigenvalue weighted by Gasteiger charge is 2.21. The second-order valence-corrected chi connectivity index (χ2v) is 7.78. The van der Waals surface area contributed by atoms with E-state index in [4.69, 9.17) is 10.5 Å². The largest absolute Gasteiger partial charge is 0.507 e. The highest BCUT2D eigenvalue weighted by atomic mass is 32.2. The maximum Gasteiger partial charge on any atom is 0.341 e. The number of nitrogens with one attached hydrogen (secondary N) is 1. The number of aromatic hydroxyl groups is 1. The molecule has 150 valence electrons. The normalized spacial score (nSPS) is 11.1. The first-order valence-corrected chi connectivity index (χ1v) is 9.83. The smallest absolute Gasteiger partial charge is 0.341 e. The SMILES string of the molecule is COc1ccc(-c2cccc(S(=O)(=O)Nc3cccc(O)c3C(=O)O)c2)cc1N. The lowest BCUT2D eigenvalue weighted by atomic mass is 10.0. The Morgan fingerprint density at radius 1 is 1.03 bits per heavy atom. The summed E-state index contributed by atoms with van der Waals surface area (Å²) in [4.78, 5) is 11.3. The van der Waals surface area contributed by atoms with Gasteiger partial charge in [0.1, 0.15) is 17.1 Å². The second-order valence-electron chi connectivity index (χ2n) is 6.09. The molecule has 3 aromatic carbocycles. The average molecular weight is 414 g/mol. The van der Waals surface area contributed by atoms with Gasteiger partial charge in [-0.2, -0.15) is 0 Å². The number of carboxylic acids is 1. The van der Waals surface area contributed by atoms with E-state index in [1.54, 1.807) is 30.3 Å². The summed E-state index contributed by atoms with van der Waals surface area (Å²) in [6.07, 6.45) is 0. The Kier molecular flexibility index (Phi) is 5.33. The minimum Gasteiger partial charge on any atom is -0.507 e. The third-order valence-electron chi connectivity index (χ3n) is 4.21. The van der Waals surface area contributed by atoms with Crippen LogP contribution < -0.4 is 15.2 Å². The van der Waals surface area contributed by atoms with Crippen LogP contribution in [-0.2, 0) is 10.0 Å². The summed E-state index contributed by atoms with van der Waals surface area (Å²) in [6.45, 7) is 0. The van der Waals surface area contributed by atoms with E-state index in [2.05, 4.69) is 4.72 Å². The van der Waals surface area contributed by atoms with Crippen molar-refractivity contribution in [2.75, 3.05) is 17.6 Å². The standard InChI is InChI=1S/C20H18N2O6S/c1-28-18-9-8-13(11-15(18)21)12-4-2-5-14(10-12)29(26,27)22-16-6-3-7-17(23)19(16)20(24)25/h2-11,22-23H,21H2,1H3,(H,24,25). The van der Waals surface area contributed by atoms with Crippen molar-refractivity contribution >= 4 is 27.4 Å². The quantitative estimate of drug-likeness (QED) is 0.454. The third kappa shape index (κ3) is 4.09. The second kappa shape index (κ2) is 7.72. The van der Waals surface area contributed by atoms with Crippen LogP contribution in [-0.4, -0.2) is 31.7 Å². The van der Waals surface area contributed by atoms with Gasteiger partial charge in [0.2, 0.25) is 0 Å². The summed E-state index contributed by atoms with van der Waals surface area (Å²) in [7, 11) is -2.62. The van der Waals surface area contributed by atoms with Crippen LogP contribution in [0.4, 0.5) is 11.4 Å². The molecule has 29 heavy (non-hydrogen) atoms. The molecule has 0 spiro atoms. The van der Waals surface area contributed by atoms with E-state index in [9.17, 15) is 23.4 Å². The van der Waals surface area contributed by atoms with Crippen molar-refractivity contribution < 1.29 is 28.2 Å². The third-order valence-corrected chi connectivity index (χ3v) is 5.57. The zero-order valence-electron chi connectivity index (χ0n) is 15.3. The molecule has 0 saturated carbocycles. The molecule has 8 nitrogen and oxygen atoms in total. The number of carbonyl (C=O) groups is 1. The predicted octanol–water partition coefficient (Wildman–Crippen LogP) is 3.15. The van der Waals surface area contributed by atoms with Gasteiger partial charge in [0.15, 0.2) is 0 Å². The van der Waals surface area contributed by atoms with Crippen LogP contribution in [0.1, 0.15) is 10.4 Å². The fourth-order valence-electron chi connectivity index (χ4n) is 2.81. The molecule has 0 atom stereocenters. The Hall–Kier alpha value is -3.72. The van der Waals surface area contributed by atoms with Crippen LogP contribution in [0.15, 0.2) is 65.6 Å². The summed E-state index contributed by atoms with van der Waals surface area (Å²) in [5, 5.41) is 19.0. The van der Waals surface area contributed by atoms with Gasteiger partial charge in [-0.3, -0.25) is 4.72 Å². The lowest BCUT2D eigenvalue weighted by Crippen LogP contribution is -2.15. The van der Waals surface area contributed by atoms with Gasteiger partial charge in [-0.25, -0.2) is 13.2 Å². The van der Waals surface area contributed by atoms with Crippen molar-refractivity contribution in [3.8, 4) is 22.6 Å². The highest BCUT2D eigenvalue weighted by molar-refractivity contribution is 7.92. The van der Waals surface area contributed by atoms with E-state index < -0.39 is 27.3 Å². The first-order chi connectivity index (χ1) is 13.7. The van der Waals surface area contributed by atoms with Crippen LogP contribution in [0.2, 0.25) is 0 Å². The average Bonchev–Trinajstić information content (AvgIpc) is 2.67. The molecule has 0 bridgehead atoms. The number of sulfonamides is 1. The van der Waals surface area contributed by atoms with Crippen LogP contribution in [0.25, 0.3) is 11.1 Å². The molecule has 3 rings (SSSR count). The predicted molar refractivity (Wildman–Crippen MR) is 109 cm³/mol. The lowest BCUT2D eigenvalue weighted by molar-refractivity contribution is 0.0695. The number of anilines is 2. The summed E-state index contributed by atoms with van der Waals surface area (Å²) in [5.74, 6) is -1.49. The molecule has 0 aromatic heterocycles. The first-order valence-electron chi connectivity index (χ1n) is 8.35. The minimum atomic E-state index is -4.12. The maximum absolute atomic E-state index is 12.8. The van der Waals surface area contributed by atoms with Crippen molar-refractivity contribution in [1.29, 1.82) is 0 Å². The number of rotatable bonds is 6. The lowest BCUT2D eigenvalue weighted by Gasteiger charge is -2.13. The van der Waals surface area contributed by atoms with Gasteiger partial charge >= 0.3 is 5.97 Å². The summed E-state index contributed by atoms with van der Waals surface area (Å²) >= 11 is 0. The Labute approximate surface area is 167 Å². The molecule has 0 aliphatic heterocycles. The Morgan fingerprint density at radius 2 is 1.72 bits per heavy atom. The Morgan fingerprint density at radius 3 is 2.38 bits per heavy atom. The monoisotopic (exact) mass is 414 g/mol. The molecule has 9 heteroatoms. The zero-order valence-corrected chi connectivity index (χ0v) is 16.1. The fraction of sp³-hybridized carbons (Fsp3) is 0.0500. The number of ether oxygens (including phenoxy) is 1. The van der Waals surface area contributed by atoms with Crippen LogP contribution in [0.3, 0.4) is 0 Å². The van der Waals surface area contributed by atoms with Crippen molar-refractivity contribution in [2.24, 2.45) is 0 Å². The number of methoxy groups -OCH3 is 1. The number of aromatic carboxylic acids is 1. The summed E-state index contributed by atoms with van der Waals surface area (Å²) in [5.41, 5.74) is 6.83. The van der Waals surface area contributed by atoms with Gasteiger partial charge in [0.25, 0.3) is 10.0 Å². The van der Waals surface area contributed by atoms with E-state index in [1.165, 1.54) is 31.4 Å². The molecule has 0 aliphatic rings. The number of phenols is 1. The van der Waals surface area contributed by atoms with Gasteiger partial charge in [0.05, 0.1) is 23.4 Å². The minimum absolute atomic E-state index is 0.0796. The molecule has 0 aliphatic carbocycles. The van der Waals surface area contributed by atoms with Gasteiger partial charge in [0, 0.05) is 0 Å². The van der Waals surface area contributed by atoms with Crippen LogP contribution in [0.5, 0.6) is 11.5 Å². The number of nitrogens with two attached hydrogens (primary N) is 1. The van der Waals surface area contributed by atoms with Crippen LogP contribution >= 0.6 is 0 Å². The topological polar surface area (TPSA) is 139 Å². The maximum atomic E-state index is 12.8. The number of benzene rings is 3. The number of carboxylic acid groups (broad SMARTS) is 1. The van der Waals surface area contributed by atoms with Crippen molar-refractivity contribution in [3.05, 3.63) is 66.2 Å². The van der Waals surface area contributed by atoms with Gasteiger partial charge in [-0.05, 0) is 47.5 Å². The molecule has 0 heterocycles. The molecular weight excluding hydrogens is 396 g/mol. The highest BCUT2D eigenvalue weighted by Crippen LogP contribution is 2.31. The van der Waals surface area contributed by atoms with E-state index >= 15 is 0 Å². The Bertz CT molecular complexity index is 1190. The van der Waals surface area contributed by atoms with E-state index in [1.807, 2.05) is 0 Å². The fourth-order valence-corrected chi connectivity index (χ4v) is 3.93. The number of nitrogen functional groups attached to an aromatic ring is 1. The van der Waals surface area contributed by atoms with Gasteiger partial charge in [-0.15, -0.1) is 0 Å². The molecule has 5 N–H and O–H groups in total. The molecule has 0 saturated heterocycles. The summed E-state index contributed by atoms with van der Waals surface area (Å²) in [6, 6.07) is 14.9. The molecule has 0 unspecified atom stereocenters. The van der Waals surface area contributed by atoms with Gasteiger partial charge in [-0.1, -0.05) is 24.3 Å². The van der Waals surface area contributed by atoms with E-state index in [0.29, 0.717) is 22.6 Å². The van der Waals surface area contributed by atoms with Crippen molar-refractivity contribution in [3.63, 3.8) is 0 Å². The van der Waals surface area contributed by atoms with Crippen LogP contribution in [0, 0.1) is 0 Å². The molecule has 0 fully saturated rings. The van der Waals surface area contributed by atoms with E-state index in [0.717, 1.165) is 6.07 Å². The zero-order chi connectivity index (χ0) is 21.2. The van der Waals surface area contributed by atoms with Crippen molar-refractivity contribution in [2.45, 2.75) is 4.90 Å². The van der Waals surface area contributed by atoms with E-state index in [-0.39, 0.29) is 10.6 Å². The molecular formula is C20H18N2O6S. The molecule has 3 aromatic rings.